The van der Waals surface area contributed by atoms with Crippen LogP contribution in [-0.4, -0.2) is 6.54 Å². The van der Waals surface area contributed by atoms with Gasteiger partial charge in [-0.2, -0.15) is 0 Å². The van der Waals surface area contributed by atoms with Crippen LogP contribution in [0.15, 0.2) is 42.5 Å². The molecule has 0 atom stereocenters. The van der Waals surface area contributed by atoms with Crippen molar-refractivity contribution in [1.82, 2.24) is 0 Å². The SMILES string of the molecule is NCC#Cc1cc(COCc2ccccc2F)ccc1F. The van der Waals surface area contributed by atoms with Crippen LogP contribution in [0.2, 0.25) is 0 Å². The van der Waals surface area contributed by atoms with Gasteiger partial charge in [-0.1, -0.05) is 36.1 Å². The van der Waals surface area contributed by atoms with Crippen molar-refractivity contribution in [2.75, 3.05) is 6.54 Å². The normalized spacial score (nSPS) is 10.0. The third kappa shape index (κ3) is 4.38. The fraction of sp³-hybridized carbons (Fsp3) is 0.176. The van der Waals surface area contributed by atoms with Crippen LogP contribution in [0.4, 0.5) is 8.78 Å². The Kier molecular flexibility index (Phi) is 5.44. The maximum Gasteiger partial charge on any atom is 0.138 e. The molecule has 0 aliphatic heterocycles. The molecular formula is C17H15F2NO. The molecule has 0 radical (unpaired) electrons. The standard InChI is InChI=1S/C17H15F2NO/c18-16-6-2-1-4-15(16)12-21-11-13-7-8-17(19)14(10-13)5-3-9-20/h1-2,4,6-8,10H,9,11-12,20H2. The predicted molar refractivity (Wildman–Crippen MR) is 77.2 cm³/mol. The van der Waals surface area contributed by atoms with E-state index in [0.29, 0.717) is 5.56 Å². The Bertz CT molecular complexity index is 674. The summed E-state index contributed by atoms with van der Waals surface area (Å²) in [5.74, 6) is 4.58. The Labute approximate surface area is 122 Å². The molecule has 0 spiro atoms. The van der Waals surface area contributed by atoms with Gasteiger partial charge in [0.05, 0.1) is 25.3 Å². The summed E-state index contributed by atoms with van der Waals surface area (Å²) >= 11 is 0. The van der Waals surface area contributed by atoms with Gasteiger partial charge in [0.1, 0.15) is 11.6 Å². The van der Waals surface area contributed by atoms with Gasteiger partial charge in [-0.25, -0.2) is 8.78 Å². The molecule has 0 bridgehead atoms. The molecule has 0 aliphatic rings. The second-order valence-corrected chi connectivity index (χ2v) is 4.40. The summed E-state index contributed by atoms with van der Waals surface area (Å²) in [7, 11) is 0. The molecule has 2 aromatic rings. The molecule has 0 saturated heterocycles. The van der Waals surface area contributed by atoms with Crippen LogP contribution in [0.1, 0.15) is 16.7 Å². The maximum atomic E-state index is 13.5. The monoisotopic (exact) mass is 287 g/mol. The summed E-state index contributed by atoms with van der Waals surface area (Å²) in [6, 6.07) is 11.0. The third-order valence-electron chi connectivity index (χ3n) is 2.84. The molecule has 2 N–H and O–H groups in total. The quantitative estimate of drug-likeness (QED) is 0.877. The van der Waals surface area contributed by atoms with E-state index in [-0.39, 0.29) is 31.1 Å². The molecule has 2 aromatic carbocycles. The van der Waals surface area contributed by atoms with E-state index >= 15 is 0 Å². The van der Waals surface area contributed by atoms with E-state index in [4.69, 9.17) is 10.5 Å². The number of benzene rings is 2. The van der Waals surface area contributed by atoms with E-state index in [1.807, 2.05) is 0 Å². The molecule has 0 aromatic heterocycles. The summed E-state index contributed by atoms with van der Waals surface area (Å²) in [6.45, 7) is 0.591. The van der Waals surface area contributed by atoms with E-state index in [2.05, 4.69) is 11.8 Å². The average molecular weight is 287 g/mol. The highest BCUT2D eigenvalue weighted by Gasteiger charge is 2.03. The van der Waals surface area contributed by atoms with Crippen LogP contribution in [0.25, 0.3) is 0 Å². The topological polar surface area (TPSA) is 35.2 Å². The smallest absolute Gasteiger partial charge is 0.138 e. The Morgan fingerprint density at radius 2 is 1.81 bits per heavy atom. The van der Waals surface area contributed by atoms with E-state index in [9.17, 15) is 8.78 Å². The number of ether oxygens (including phenoxy) is 1. The molecule has 0 fully saturated rings. The number of hydrogen-bond donors (Lipinski definition) is 1. The highest BCUT2D eigenvalue weighted by atomic mass is 19.1. The maximum absolute atomic E-state index is 13.5. The average Bonchev–Trinajstić information content (AvgIpc) is 2.49. The molecule has 0 heterocycles. The molecule has 108 valence electrons. The van der Waals surface area contributed by atoms with E-state index in [1.165, 1.54) is 12.1 Å². The zero-order chi connectivity index (χ0) is 15.1. The van der Waals surface area contributed by atoms with Crippen LogP contribution < -0.4 is 5.73 Å². The number of halogens is 2. The van der Waals surface area contributed by atoms with Gasteiger partial charge < -0.3 is 10.5 Å². The van der Waals surface area contributed by atoms with E-state index in [0.717, 1.165) is 5.56 Å². The van der Waals surface area contributed by atoms with Crippen LogP contribution in [0.3, 0.4) is 0 Å². The zero-order valence-electron chi connectivity index (χ0n) is 11.4. The van der Waals surface area contributed by atoms with Crippen molar-refractivity contribution in [3.63, 3.8) is 0 Å². The van der Waals surface area contributed by atoms with Crippen LogP contribution in [0.5, 0.6) is 0 Å². The first-order chi connectivity index (χ1) is 10.2. The molecule has 4 heteroatoms. The second kappa shape index (κ2) is 7.53. The minimum absolute atomic E-state index is 0.161. The van der Waals surface area contributed by atoms with Crippen LogP contribution >= 0.6 is 0 Å². The summed E-state index contributed by atoms with van der Waals surface area (Å²) in [5, 5.41) is 0. The molecule has 0 amide bonds. The third-order valence-corrected chi connectivity index (χ3v) is 2.84. The van der Waals surface area contributed by atoms with Crippen molar-refractivity contribution >= 4 is 0 Å². The molecule has 0 saturated carbocycles. The lowest BCUT2D eigenvalue weighted by Crippen LogP contribution is -1.98. The predicted octanol–water partition coefficient (Wildman–Crippen LogP) is 2.99. The summed E-state index contributed by atoms with van der Waals surface area (Å²) < 4.78 is 32.4. The lowest BCUT2D eigenvalue weighted by Gasteiger charge is -2.06. The first-order valence-electron chi connectivity index (χ1n) is 6.49. The van der Waals surface area contributed by atoms with Gasteiger partial charge in [0.2, 0.25) is 0 Å². The highest BCUT2D eigenvalue weighted by molar-refractivity contribution is 5.38. The molecular weight excluding hydrogens is 272 g/mol. The Morgan fingerprint density at radius 1 is 1.00 bits per heavy atom. The van der Waals surface area contributed by atoms with Crippen molar-refractivity contribution in [2.24, 2.45) is 5.73 Å². The number of hydrogen-bond acceptors (Lipinski definition) is 2. The van der Waals surface area contributed by atoms with E-state index in [1.54, 1.807) is 30.3 Å². The summed E-state index contributed by atoms with van der Waals surface area (Å²) in [6.07, 6.45) is 0. The largest absolute Gasteiger partial charge is 0.372 e. The lowest BCUT2D eigenvalue weighted by molar-refractivity contribution is 0.105. The van der Waals surface area contributed by atoms with Gasteiger partial charge >= 0.3 is 0 Å². The minimum atomic E-state index is -0.395. The van der Waals surface area contributed by atoms with E-state index < -0.39 is 5.82 Å². The second-order valence-electron chi connectivity index (χ2n) is 4.40. The fourth-order valence-corrected chi connectivity index (χ4v) is 1.80. The van der Waals surface area contributed by atoms with Gasteiger partial charge in [0.25, 0.3) is 0 Å². The first-order valence-corrected chi connectivity index (χ1v) is 6.49. The van der Waals surface area contributed by atoms with Crippen LogP contribution in [-0.2, 0) is 18.0 Å². The lowest BCUT2D eigenvalue weighted by atomic mass is 10.1. The summed E-state index contributed by atoms with van der Waals surface area (Å²) in [5.41, 5.74) is 6.81. The molecule has 0 aliphatic carbocycles. The van der Waals surface area contributed by atoms with Crippen molar-refractivity contribution < 1.29 is 13.5 Å². The molecule has 2 rings (SSSR count). The van der Waals surface area contributed by atoms with Crippen LogP contribution in [0, 0.1) is 23.5 Å². The van der Waals surface area contributed by atoms with Gasteiger partial charge in [-0.3, -0.25) is 0 Å². The number of nitrogens with two attached hydrogens (primary N) is 1. The fourth-order valence-electron chi connectivity index (χ4n) is 1.80. The molecule has 2 nitrogen and oxygen atoms in total. The molecule has 0 unspecified atom stereocenters. The van der Waals surface area contributed by atoms with Gasteiger partial charge in [-0.15, -0.1) is 0 Å². The van der Waals surface area contributed by atoms with Gasteiger partial charge in [0, 0.05) is 5.56 Å². The summed E-state index contributed by atoms with van der Waals surface area (Å²) in [4.78, 5) is 0. The highest BCUT2D eigenvalue weighted by Crippen LogP contribution is 2.13. The first kappa shape index (κ1) is 15.2. The van der Waals surface area contributed by atoms with Crippen molar-refractivity contribution in [2.45, 2.75) is 13.2 Å². The van der Waals surface area contributed by atoms with Crippen molar-refractivity contribution in [3.8, 4) is 11.8 Å². The van der Waals surface area contributed by atoms with Gasteiger partial charge in [-0.05, 0) is 23.8 Å². The van der Waals surface area contributed by atoms with Gasteiger partial charge in [0.15, 0.2) is 0 Å². The Morgan fingerprint density at radius 3 is 2.57 bits per heavy atom. The van der Waals surface area contributed by atoms with Crippen molar-refractivity contribution in [1.29, 1.82) is 0 Å². The minimum Gasteiger partial charge on any atom is -0.372 e. The Balaban J connectivity index is 1.99. The Hall–Kier alpha value is -2.22. The zero-order valence-corrected chi connectivity index (χ0v) is 11.4. The number of rotatable bonds is 4. The molecule has 21 heavy (non-hydrogen) atoms. The van der Waals surface area contributed by atoms with Crippen molar-refractivity contribution in [3.05, 3.63) is 70.8 Å².